The number of imidazole rings is 1. The zero-order valence-electron chi connectivity index (χ0n) is 13.5. The van der Waals surface area contributed by atoms with Gasteiger partial charge in [0.2, 0.25) is 5.91 Å². The zero-order chi connectivity index (χ0) is 17.6. The van der Waals surface area contributed by atoms with E-state index in [4.69, 9.17) is 5.73 Å². The third kappa shape index (κ3) is 4.11. The Labute approximate surface area is 145 Å². The molecule has 3 aromatic rings. The van der Waals surface area contributed by atoms with Crippen LogP contribution in [0.15, 0.2) is 66.9 Å². The number of nitrogens with two attached hydrogens (primary N) is 1. The number of benzene rings is 2. The summed E-state index contributed by atoms with van der Waals surface area (Å²) >= 11 is 0. The van der Waals surface area contributed by atoms with E-state index < -0.39 is 17.9 Å². The topological polar surface area (TPSA) is 101 Å². The highest BCUT2D eigenvalue weighted by Crippen LogP contribution is 2.14. The molecule has 2 amide bonds. The van der Waals surface area contributed by atoms with Crippen LogP contribution >= 0.6 is 0 Å². The van der Waals surface area contributed by atoms with Crippen LogP contribution in [0.4, 0.5) is 0 Å². The molecule has 0 aliphatic rings. The van der Waals surface area contributed by atoms with Crippen LogP contribution < -0.4 is 11.1 Å². The van der Waals surface area contributed by atoms with Crippen LogP contribution in [0.25, 0.3) is 11.4 Å². The SMILES string of the molecule is NC(=O)[C@H](Cc1ccccc1)NC(=O)c1cnc(-c2ccccc2)[nH]1. The first-order valence-electron chi connectivity index (χ1n) is 7.88. The molecule has 1 heterocycles. The Bertz CT molecular complexity index is 859. The fourth-order valence-electron chi connectivity index (χ4n) is 2.49. The number of carbonyl (C=O) groups excluding carboxylic acids is 2. The minimum Gasteiger partial charge on any atom is -0.368 e. The summed E-state index contributed by atoms with van der Waals surface area (Å²) < 4.78 is 0. The quantitative estimate of drug-likeness (QED) is 0.642. The maximum atomic E-state index is 12.4. The molecule has 4 N–H and O–H groups in total. The first-order valence-corrected chi connectivity index (χ1v) is 7.88. The summed E-state index contributed by atoms with van der Waals surface area (Å²) in [7, 11) is 0. The molecule has 0 aliphatic carbocycles. The first-order chi connectivity index (χ1) is 12.1. The Kier molecular flexibility index (Phi) is 4.89. The summed E-state index contributed by atoms with van der Waals surface area (Å²) in [4.78, 5) is 31.3. The van der Waals surface area contributed by atoms with Crippen LogP contribution in [-0.2, 0) is 11.2 Å². The van der Waals surface area contributed by atoms with Crippen molar-refractivity contribution in [2.75, 3.05) is 0 Å². The van der Waals surface area contributed by atoms with Crippen LogP contribution in [-0.4, -0.2) is 27.8 Å². The highest BCUT2D eigenvalue weighted by atomic mass is 16.2. The number of nitrogens with zero attached hydrogens (tertiary/aromatic N) is 1. The lowest BCUT2D eigenvalue weighted by molar-refractivity contribution is -0.119. The van der Waals surface area contributed by atoms with E-state index >= 15 is 0 Å². The van der Waals surface area contributed by atoms with E-state index in [2.05, 4.69) is 15.3 Å². The number of primary amides is 1. The second-order valence-electron chi connectivity index (χ2n) is 5.63. The van der Waals surface area contributed by atoms with Crippen LogP contribution in [0.3, 0.4) is 0 Å². The normalized spacial score (nSPS) is 11.7. The Morgan fingerprint density at radius 2 is 1.68 bits per heavy atom. The molecule has 6 nitrogen and oxygen atoms in total. The Morgan fingerprint density at radius 1 is 1.04 bits per heavy atom. The van der Waals surface area contributed by atoms with Crippen molar-refractivity contribution in [1.82, 2.24) is 15.3 Å². The largest absolute Gasteiger partial charge is 0.368 e. The van der Waals surface area contributed by atoms with Gasteiger partial charge in [0.25, 0.3) is 5.91 Å². The second kappa shape index (κ2) is 7.44. The Hall–Kier alpha value is -3.41. The number of amides is 2. The molecule has 6 heteroatoms. The van der Waals surface area contributed by atoms with E-state index in [1.54, 1.807) is 0 Å². The van der Waals surface area contributed by atoms with Crippen LogP contribution in [0, 0.1) is 0 Å². The summed E-state index contributed by atoms with van der Waals surface area (Å²) in [5.74, 6) is -0.418. The number of carbonyl (C=O) groups is 2. The van der Waals surface area contributed by atoms with Gasteiger partial charge in [-0.25, -0.2) is 4.98 Å². The molecule has 3 rings (SSSR count). The number of aromatic nitrogens is 2. The average Bonchev–Trinajstić information content (AvgIpc) is 3.13. The van der Waals surface area contributed by atoms with E-state index in [0.717, 1.165) is 11.1 Å². The summed E-state index contributed by atoms with van der Waals surface area (Å²) in [6.07, 6.45) is 1.78. The molecular formula is C19H18N4O2. The molecule has 0 bridgehead atoms. The summed E-state index contributed by atoms with van der Waals surface area (Å²) in [6.45, 7) is 0. The van der Waals surface area contributed by atoms with Crippen molar-refractivity contribution in [1.29, 1.82) is 0 Å². The van der Waals surface area contributed by atoms with Gasteiger partial charge in [-0.1, -0.05) is 60.7 Å². The lowest BCUT2D eigenvalue weighted by Crippen LogP contribution is -2.45. The second-order valence-corrected chi connectivity index (χ2v) is 5.63. The lowest BCUT2D eigenvalue weighted by Gasteiger charge is -2.15. The molecule has 0 unspecified atom stereocenters. The fourth-order valence-corrected chi connectivity index (χ4v) is 2.49. The van der Waals surface area contributed by atoms with Gasteiger partial charge in [0.15, 0.2) is 0 Å². The molecular weight excluding hydrogens is 316 g/mol. The third-order valence-corrected chi connectivity index (χ3v) is 3.80. The summed E-state index contributed by atoms with van der Waals surface area (Å²) in [5, 5.41) is 2.66. The fraction of sp³-hybridized carbons (Fsp3) is 0.105. The van der Waals surface area contributed by atoms with Crippen LogP contribution in [0.2, 0.25) is 0 Å². The van der Waals surface area contributed by atoms with Crippen molar-refractivity contribution >= 4 is 11.8 Å². The molecule has 25 heavy (non-hydrogen) atoms. The summed E-state index contributed by atoms with van der Waals surface area (Å²) in [5.41, 5.74) is 7.49. The molecule has 0 saturated carbocycles. The molecule has 0 fully saturated rings. The van der Waals surface area contributed by atoms with Gasteiger partial charge in [0.05, 0.1) is 6.20 Å². The Morgan fingerprint density at radius 3 is 2.32 bits per heavy atom. The van der Waals surface area contributed by atoms with Gasteiger partial charge in [-0.15, -0.1) is 0 Å². The van der Waals surface area contributed by atoms with Crippen molar-refractivity contribution < 1.29 is 9.59 Å². The van der Waals surface area contributed by atoms with Gasteiger partial charge in [0, 0.05) is 12.0 Å². The Balaban J connectivity index is 1.72. The van der Waals surface area contributed by atoms with Gasteiger partial charge < -0.3 is 16.0 Å². The highest BCUT2D eigenvalue weighted by Gasteiger charge is 2.20. The number of aromatic amines is 1. The molecule has 2 aromatic carbocycles. The molecule has 1 aromatic heterocycles. The molecule has 0 saturated heterocycles. The minimum absolute atomic E-state index is 0.276. The van der Waals surface area contributed by atoms with Crippen molar-refractivity contribution in [3.63, 3.8) is 0 Å². The van der Waals surface area contributed by atoms with Crippen molar-refractivity contribution in [2.24, 2.45) is 5.73 Å². The number of hydrogen-bond donors (Lipinski definition) is 3. The van der Waals surface area contributed by atoms with Crippen LogP contribution in [0.1, 0.15) is 16.1 Å². The van der Waals surface area contributed by atoms with Gasteiger partial charge in [-0.3, -0.25) is 9.59 Å². The highest BCUT2D eigenvalue weighted by molar-refractivity contribution is 5.96. The van der Waals surface area contributed by atoms with Crippen molar-refractivity contribution in [2.45, 2.75) is 12.5 Å². The third-order valence-electron chi connectivity index (χ3n) is 3.80. The van der Waals surface area contributed by atoms with Gasteiger partial charge in [0.1, 0.15) is 17.6 Å². The standard InChI is InChI=1S/C19H18N4O2/c20-17(24)15(11-13-7-3-1-4-8-13)23-19(25)16-12-21-18(22-16)14-9-5-2-6-10-14/h1-10,12,15H,11H2,(H2,20,24)(H,21,22)(H,23,25)/t15-/m0/s1. The van der Waals surface area contributed by atoms with Gasteiger partial charge >= 0.3 is 0 Å². The summed E-state index contributed by atoms with van der Waals surface area (Å²) in [6, 6.07) is 18.1. The predicted octanol–water partition coefficient (Wildman–Crippen LogP) is 1.90. The number of hydrogen-bond acceptors (Lipinski definition) is 3. The van der Waals surface area contributed by atoms with E-state index in [-0.39, 0.29) is 5.69 Å². The van der Waals surface area contributed by atoms with Crippen molar-refractivity contribution in [3.8, 4) is 11.4 Å². The van der Waals surface area contributed by atoms with Gasteiger partial charge in [-0.05, 0) is 5.56 Å². The zero-order valence-corrected chi connectivity index (χ0v) is 13.5. The monoisotopic (exact) mass is 334 g/mol. The molecule has 1 atom stereocenters. The minimum atomic E-state index is -0.793. The maximum absolute atomic E-state index is 12.4. The smallest absolute Gasteiger partial charge is 0.270 e. The lowest BCUT2D eigenvalue weighted by atomic mass is 10.1. The van der Waals surface area contributed by atoms with E-state index in [9.17, 15) is 9.59 Å². The molecule has 0 radical (unpaired) electrons. The molecule has 0 aliphatic heterocycles. The van der Waals surface area contributed by atoms with E-state index in [1.807, 2.05) is 60.7 Å². The van der Waals surface area contributed by atoms with Crippen molar-refractivity contribution in [3.05, 3.63) is 78.1 Å². The number of nitrogens with one attached hydrogen (secondary N) is 2. The number of rotatable bonds is 6. The predicted molar refractivity (Wildman–Crippen MR) is 94.6 cm³/mol. The number of H-pyrrole nitrogens is 1. The molecule has 126 valence electrons. The maximum Gasteiger partial charge on any atom is 0.270 e. The average molecular weight is 334 g/mol. The van der Waals surface area contributed by atoms with Crippen LogP contribution in [0.5, 0.6) is 0 Å². The first kappa shape index (κ1) is 16.4. The van der Waals surface area contributed by atoms with E-state index in [1.165, 1.54) is 6.20 Å². The van der Waals surface area contributed by atoms with E-state index in [0.29, 0.717) is 12.2 Å². The molecule has 0 spiro atoms. The van der Waals surface area contributed by atoms with Gasteiger partial charge in [-0.2, -0.15) is 0 Å².